The van der Waals surface area contributed by atoms with Gasteiger partial charge >= 0.3 is 0 Å². The summed E-state index contributed by atoms with van der Waals surface area (Å²) in [5, 5.41) is 14.3. The second kappa shape index (κ2) is 6.19. The third kappa shape index (κ3) is 3.68. The molecule has 0 aliphatic carbocycles. The average molecular weight is 311 g/mol. The highest BCUT2D eigenvalue weighted by atomic mass is 32.2. The van der Waals surface area contributed by atoms with Gasteiger partial charge in [-0.25, -0.2) is 13.1 Å². The molecule has 0 unspecified atom stereocenters. The minimum absolute atomic E-state index is 0.136. The van der Waals surface area contributed by atoms with Crippen LogP contribution >= 0.6 is 11.3 Å². The number of aliphatic hydroxyl groups excluding tert-OH is 1. The molecule has 0 saturated carbocycles. The van der Waals surface area contributed by atoms with Crippen molar-refractivity contribution in [1.82, 2.24) is 14.5 Å². The first kappa shape index (κ1) is 14.7. The summed E-state index contributed by atoms with van der Waals surface area (Å²) >= 11 is 1.41. The number of hydrogen-bond donors (Lipinski definition) is 2. The molecule has 2 N–H and O–H groups in total. The number of thiophene rings is 1. The van der Waals surface area contributed by atoms with Gasteiger partial charge in [-0.05, 0) is 6.07 Å². The Labute approximate surface area is 121 Å². The van der Waals surface area contributed by atoms with Gasteiger partial charge in [0.15, 0.2) is 0 Å². The molecule has 2 aromatic heterocycles. The third-order valence-corrected chi connectivity index (χ3v) is 4.69. The Morgan fingerprint density at radius 1 is 1.55 bits per heavy atom. The Balaban J connectivity index is 2.03. The van der Waals surface area contributed by atoms with Crippen LogP contribution in [0.2, 0.25) is 0 Å². The van der Waals surface area contributed by atoms with Crippen LogP contribution in [0, 0.1) is 11.8 Å². The van der Waals surface area contributed by atoms with Gasteiger partial charge in [0, 0.05) is 35.6 Å². The van der Waals surface area contributed by atoms with Crippen LogP contribution in [-0.2, 0) is 23.6 Å². The largest absolute Gasteiger partial charge is 0.384 e. The molecular weight excluding hydrogens is 298 g/mol. The highest BCUT2D eigenvalue weighted by Gasteiger charge is 2.15. The highest BCUT2D eigenvalue weighted by molar-refractivity contribution is 7.89. The van der Waals surface area contributed by atoms with Crippen molar-refractivity contribution < 1.29 is 13.5 Å². The number of sulfonamides is 1. The maximum Gasteiger partial charge on any atom is 0.244 e. The summed E-state index contributed by atoms with van der Waals surface area (Å²) in [6.07, 6.45) is 2.74. The van der Waals surface area contributed by atoms with Crippen molar-refractivity contribution >= 4 is 21.4 Å². The van der Waals surface area contributed by atoms with E-state index in [2.05, 4.69) is 21.7 Å². The lowest BCUT2D eigenvalue weighted by Gasteiger charge is -2.02. The summed E-state index contributed by atoms with van der Waals surface area (Å²) in [5.41, 5.74) is 0.764. The summed E-state index contributed by atoms with van der Waals surface area (Å²) in [6.45, 7) is 0.00150. The van der Waals surface area contributed by atoms with E-state index in [4.69, 9.17) is 5.11 Å². The van der Waals surface area contributed by atoms with Crippen molar-refractivity contribution in [1.29, 1.82) is 0 Å². The molecule has 0 saturated heterocycles. The second-order valence-electron chi connectivity index (χ2n) is 3.94. The van der Waals surface area contributed by atoms with Crippen molar-refractivity contribution in [3.05, 3.63) is 34.3 Å². The fourth-order valence-corrected chi connectivity index (χ4v) is 3.30. The van der Waals surface area contributed by atoms with Crippen LogP contribution in [0.25, 0.3) is 0 Å². The van der Waals surface area contributed by atoms with E-state index >= 15 is 0 Å². The van der Waals surface area contributed by atoms with Crippen LogP contribution in [0.3, 0.4) is 0 Å². The van der Waals surface area contributed by atoms with Crippen molar-refractivity contribution in [2.75, 3.05) is 6.61 Å². The quantitative estimate of drug-likeness (QED) is 0.796. The summed E-state index contributed by atoms with van der Waals surface area (Å²) in [5.74, 6) is 5.31. The maximum atomic E-state index is 12.0. The van der Waals surface area contributed by atoms with Gasteiger partial charge in [0.1, 0.15) is 11.5 Å². The molecule has 0 fully saturated rings. The zero-order chi connectivity index (χ0) is 14.6. The predicted molar refractivity (Wildman–Crippen MR) is 75.5 cm³/mol. The lowest BCUT2D eigenvalue weighted by Crippen LogP contribution is -2.22. The Morgan fingerprint density at radius 3 is 3.00 bits per heavy atom. The number of nitrogens with zero attached hydrogens (tertiary/aromatic N) is 2. The Bertz CT molecular complexity index is 750. The van der Waals surface area contributed by atoms with E-state index in [9.17, 15) is 8.42 Å². The van der Waals surface area contributed by atoms with Gasteiger partial charge in [-0.15, -0.1) is 11.3 Å². The van der Waals surface area contributed by atoms with E-state index in [0.717, 1.165) is 10.4 Å². The molecule has 0 amide bonds. The first-order valence-electron chi connectivity index (χ1n) is 5.67. The molecule has 0 radical (unpaired) electrons. The standard InChI is InChI=1S/C12H13N3O3S2/c1-15-8-12(7-13-15)20(17,18)14-6-11-5-10(9-19-11)3-2-4-16/h5,7-9,14,16H,4,6H2,1H3. The van der Waals surface area contributed by atoms with E-state index < -0.39 is 10.0 Å². The van der Waals surface area contributed by atoms with E-state index in [1.54, 1.807) is 13.1 Å². The molecule has 0 atom stereocenters. The zero-order valence-electron chi connectivity index (χ0n) is 10.7. The van der Waals surface area contributed by atoms with Gasteiger partial charge < -0.3 is 5.11 Å². The summed E-state index contributed by atoms with van der Waals surface area (Å²) < 4.78 is 27.9. The number of hydrogen-bond acceptors (Lipinski definition) is 5. The number of rotatable bonds is 4. The number of aliphatic hydroxyl groups is 1. The highest BCUT2D eigenvalue weighted by Crippen LogP contribution is 2.15. The first-order valence-corrected chi connectivity index (χ1v) is 8.03. The van der Waals surface area contributed by atoms with Crippen LogP contribution in [-0.4, -0.2) is 29.9 Å². The molecule has 8 heteroatoms. The molecule has 20 heavy (non-hydrogen) atoms. The minimum atomic E-state index is -3.55. The molecule has 2 aromatic rings. The van der Waals surface area contributed by atoms with Crippen molar-refractivity contribution in [2.24, 2.45) is 7.05 Å². The Kier molecular flexibility index (Phi) is 4.57. The molecule has 0 spiro atoms. The fraction of sp³-hybridized carbons (Fsp3) is 0.250. The minimum Gasteiger partial charge on any atom is -0.384 e. The Hall–Kier alpha value is -1.66. The van der Waals surface area contributed by atoms with Gasteiger partial charge in [0.05, 0.1) is 6.20 Å². The molecule has 106 valence electrons. The molecule has 0 aliphatic heterocycles. The van der Waals surface area contributed by atoms with Crippen LogP contribution in [0.1, 0.15) is 10.4 Å². The van der Waals surface area contributed by atoms with Gasteiger partial charge in [-0.2, -0.15) is 5.10 Å². The van der Waals surface area contributed by atoms with E-state index in [0.29, 0.717) is 0 Å². The SMILES string of the molecule is Cn1cc(S(=O)(=O)NCc2cc(C#CCO)cs2)cn1. The lowest BCUT2D eigenvalue weighted by atomic mass is 10.3. The van der Waals surface area contributed by atoms with Crippen LogP contribution in [0.15, 0.2) is 28.7 Å². The smallest absolute Gasteiger partial charge is 0.244 e. The summed E-state index contributed by atoms with van der Waals surface area (Å²) in [4.78, 5) is 0.983. The number of aromatic nitrogens is 2. The topological polar surface area (TPSA) is 84.2 Å². The van der Waals surface area contributed by atoms with Gasteiger partial charge in [-0.3, -0.25) is 4.68 Å². The van der Waals surface area contributed by atoms with Gasteiger partial charge in [0.2, 0.25) is 10.0 Å². The van der Waals surface area contributed by atoms with E-state index in [-0.39, 0.29) is 18.0 Å². The number of aryl methyl sites for hydroxylation is 1. The molecule has 0 aliphatic rings. The summed E-state index contributed by atoms with van der Waals surface area (Å²) in [6, 6.07) is 1.79. The number of nitrogens with one attached hydrogen (secondary N) is 1. The van der Waals surface area contributed by atoms with Crippen molar-refractivity contribution in [2.45, 2.75) is 11.4 Å². The lowest BCUT2D eigenvalue weighted by molar-refractivity contribution is 0.350. The van der Waals surface area contributed by atoms with Crippen LogP contribution < -0.4 is 4.72 Å². The molecule has 2 heterocycles. The van der Waals surface area contributed by atoms with E-state index in [1.165, 1.54) is 28.4 Å². The summed E-state index contributed by atoms with van der Waals surface area (Å²) in [7, 11) is -1.89. The van der Waals surface area contributed by atoms with Crippen molar-refractivity contribution in [3.63, 3.8) is 0 Å². The van der Waals surface area contributed by atoms with Gasteiger partial charge in [0.25, 0.3) is 0 Å². The Morgan fingerprint density at radius 2 is 2.35 bits per heavy atom. The maximum absolute atomic E-state index is 12.0. The normalized spacial score (nSPS) is 11.1. The molecule has 6 nitrogen and oxygen atoms in total. The van der Waals surface area contributed by atoms with E-state index in [1.807, 2.05) is 5.38 Å². The van der Waals surface area contributed by atoms with Crippen LogP contribution in [0.4, 0.5) is 0 Å². The molecule has 0 bridgehead atoms. The van der Waals surface area contributed by atoms with Crippen LogP contribution in [0.5, 0.6) is 0 Å². The van der Waals surface area contributed by atoms with Gasteiger partial charge in [-0.1, -0.05) is 11.8 Å². The monoisotopic (exact) mass is 311 g/mol. The molecule has 0 aromatic carbocycles. The molecular formula is C12H13N3O3S2. The molecule has 2 rings (SSSR count). The fourth-order valence-electron chi connectivity index (χ4n) is 1.47. The second-order valence-corrected chi connectivity index (χ2v) is 6.70. The first-order chi connectivity index (χ1) is 9.51. The average Bonchev–Trinajstić information content (AvgIpc) is 3.03. The predicted octanol–water partition coefficient (Wildman–Crippen LogP) is 0.304. The third-order valence-electron chi connectivity index (χ3n) is 2.39. The zero-order valence-corrected chi connectivity index (χ0v) is 12.3. The van der Waals surface area contributed by atoms with Crippen molar-refractivity contribution in [3.8, 4) is 11.8 Å².